The monoisotopic (exact) mass is 408 g/mol. The summed E-state index contributed by atoms with van der Waals surface area (Å²) in [6, 6.07) is 0. The lowest BCUT2D eigenvalue weighted by molar-refractivity contribution is -0.215. The van der Waals surface area contributed by atoms with Crippen molar-refractivity contribution in [2.45, 2.75) is 57.4 Å². The normalized spacial score (nSPS) is 29.5. The van der Waals surface area contributed by atoms with Crippen molar-refractivity contribution >= 4 is 39.6 Å². The Morgan fingerprint density at radius 3 is 1.92 bits per heavy atom. The third kappa shape index (κ3) is 6.20. The fourth-order valence-corrected chi connectivity index (χ4v) is 3.24. The molecular weight excluding hydrogens is 388 g/mol. The quantitative estimate of drug-likeness (QED) is 0.365. The van der Waals surface area contributed by atoms with Gasteiger partial charge in [0.1, 0.15) is 24.6 Å². The van der Waals surface area contributed by atoms with Gasteiger partial charge in [-0.05, 0) is 6.92 Å². The second-order valence-electron chi connectivity index (χ2n) is 5.55. The van der Waals surface area contributed by atoms with Gasteiger partial charge in [-0.2, -0.15) is 0 Å². The molecule has 136 valence electrons. The van der Waals surface area contributed by atoms with Gasteiger partial charge >= 0.3 is 17.9 Å². The molecular formula is C15H21BrO8. The summed E-state index contributed by atoms with van der Waals surface area (Å²) in [5.74, 6) is -2.45. The van der Waals surface area contributed by atoms with Gasteiger partial charge in [-0.25, -0.2) is 0 Å². The summed E-state index contributed by atoms with van der Waals surface area (Å²) in [5, 5.41) is -0.783. The first-order valence-electron chi connectivity index (χ1n) is 7.38. The summed E-state index contributed by atoms with van der Waals surface area (Å²) < 4.78 is 21.2. The Labute approximate surface area is 148 Å². The van der Waals surface area contributed by atoms with Crippen LogP contribution in [0.2, 0.25) is 0 Å². The van der Waals surface area contributed by atoms with Crippen LogP contribution >= 0.6 is 15.9 Å². The number of alkyl halides is 1. The van der Waals surface area contributed by atoms with Crippen molar-refractivity contribution in [3.63, 3.8) is 0 Å². The van der Waals surface area contributed by atoms with Crippen LogP contribution in [0.5, 0.6) is 0 Å². The van der Waals surface area contributed by atoms with E-state index in [2.05, 4.69) is 15.9 Å². The van der Waals surface area contributed by atoms with E-state index >= 15 is 0 Å². The molecule has 8 nitrogen and oxygen atoms in total. The smallest absolute Gasteiger partial charge is 0.303 e. The number of rotatable bonds is 6. The van der Waals surface area contributed by atoms with E-state index in [1.807, 2.05) is 0 Å². The number of carbonyl (C=O) groups is 4. The number of ether oxygens (including phenoxy) is 4. The molecule has 0 saturated carbocycles. The molecule has 0 radical (unpaired) electrons. The van der Waals surface area contributed by atoms with Crippen LogP contribution in [-0.2, 0) is 38.1 Å². The fourth-order valence-electron chi connectivity index (χ4n) is 2.55. The molecule has 24 heavy (non-hydrogen) atoms. The minimum absolute atomic E-state index is 0.0152. The number of ketones is 1. The lowest BCUT2D eigenvalue weighted by Crippen LogP contribution is -2.57. The van der Waals surface area contributed by atoms with E-state index in [9.17, 15) is 19.2 Å². The van der Waals surface area contributed by atoms with Crippen molar-refractivity contribution in [3.05, 3.63) is 0 Å². The molecule has 0 N–H and O–H groups in total. The lowest BCUT2D eigenvalue weighted by Gasteiger charge is -2.43. The van der Waals surface area contributed by atoms with Crippen LogP contribution in [0.25, 0.3) is 0 Å². The van der Waals surface area contributed by atoms with Gasteiger partial charge in [0, 0.05) is 33.1 Å². The predicted molar refractivity (Wildman–Crippen MR) is 84.1 cm³/mol. The van der Waals surface area contributed by atoms with Crippen LogP contribution in [-0.4, -0.2) is 53.6 Å². The van der Waals surface area contributed by atoms with Crippen molar-refractivity contribution in [1.82, 2.24) is 0 Å². The molecule has 0 aromatic rings. The molecule has 9 heteroatoms. The van der Waals surface area contributed by atoms with E-state index < -0.39 is 47.2 Å². The zero-order valence-electron chi connectivity index (χ0n) is 13.9. The minimum atomic E-state index is -0.927. The van der Waals surface area contributed by atoms with Crippen molar-refractivity contribution in [2.75, 3.05) is 6.61 Å². The molecule has 0 spiro atoms. The van der Waals surface area contributed by atoms with E-state index in [0.717, 1.165) is 0 Å². The summed E-state index contributed by atoms with van der Waals surface area (Å²) in [6.07, 6.45) is -2.52. The van der Waals surface area contributed by atoms with Crippen molar-refractivity contribution in [3.8, 4) is 0 Å². The summed E-state index contributed by atoms with van der Waals surface area (Å²) in [5.41, 5.74) is 0. The molecule has 1 saturated heterocycles. The van der Waals surface area contributed by atoms with Gasteiger partial charge in [0.25, 0.3) is 0 Å². The lowest BCUT2D eigenvalue weighted by atomic mass is 9.85. The highest BCUT2D eigenvalue weighted by Crippen LogP contribution is 2.35. The zero-order valence-corrected chi connectivity index (χ0v) is 15.5. The maximum absolute atomic E-state index is 11.6. The van der Waals surface area contributed by atoms with Gasteiger partial charge in [0.15, 0.2) is 11.1 Å². The Bertz CT molecular complexity index is 506. The van der Waals surface area contributed by atoms with E-state index in [1.165, 1.54) is 27.7 Å². The molecule has 1 rings (SSSR count). The Kier molecular flexibility index (Phi) is 7.82. The van der Waals surface area contributed by atoms with E-state index in [-0.39, 0.29) is 18.8 Å². The third-order valence-electron chi connectivity index (χ3n) is 3.36. The molecule has 5 atom stereocenters. The zero-order chi connectivity index (χ0) is 18.4. The summed E-state index contributed by atoms with van der Waals surface area (Å²) >= 11 is 3.24. The number of hydrogen-bond donors (Lipinski definition) is 0. The Morgan fingerprint density at radius 1 is 0.917 bits per heavy atom. The largest absolute Gasteiger partial charge is 0.463 e. The number of hydrogen-bond acceptors (Lipinski definition) is 8. The molecule has 0 aliphatic carbocycles. The highest BCUT2D eigenvalue weighted by Gasteiger charge is 2.49. The molecule has 1 fully saturated rings. The van der Waals surface area contributed by atoms with Crippen LogP contribution in [0.15, 0.2) is 0 Å². The number of esters is 3. The Morgan fingerprint density at radius 2 is 1.46 bits per heavy atom. The first-order valence-corrected chi connectivity index (χ1v) is 8.30. The minimum Gasteiger partial charge on any atom is -0.463 e. The van der Waals surface area contributed by atoms with Crippen molar-refractivity contribution in [1.29, 1.82) is 0 Å². The first kappa shape index (κ1) is 20.6. The number of Topliss-reactive ketones (excluding diaryl/α,β-unsaturated/α-hetero) is 1. The number of carbonyl (C=O) groups excluding carboxylic acids is 4. The Balaban J connectivity index is 3.11. The van der Waals surface area contributed by atoms with Crippen LogP contribution in [0.3, 0.4) is 0 Å². The first-order chi connectivity index (χ1) is 11.1. The van der Waals surface area contributed by atoms with Gasteiger partial charge in [-0.15, -0.1) is 0 Å². The average molecular weight is 409 g/mol. The van der Waals surface area contributed by atoms with Crippen molar-refractivity contribution in [2.24, 2.45) is 5.92 Å². The fraction of sp³-hybridized carbons (Fsp3) is 0.733. The highest BCUT2D eigenvalue weighted by atomic mass is 79.9. The van der Waals surface area contributed by atoms with Gasteiger partial charge in [0.05, 0.1) is 0 Å². The van der Waals surface area contributed by atoms with Crippen LogP contribution in [0.1, 0.15) is 34.1 Å². The third-order valence-corrected chi connectivity index (χ3v) is 4.10. The summed E-state index contributed by atoms with van der Waals surface area (Å²) in [6.45, 7) is 4.96. The van der Waals surface area contributed by atoms with Crippen molar-refractivity contribution < 1.29 is 38.1 Å². The second kappa shape index (κ2) is 9.12. The molecule has 0 aromatic carbocycles. The summed E-state index contributed by atoms with van der Waals surface area (Å²) in [7, 11) is 0. The number of halogens is 1. The molecule has 0 aromatic heterocycles. The summed E-state index contributed by atoms with van der Waals surface area (Å²) in [4.78, 5) is 45.5. The SMILES string of the molecule is CC(=O)CC1C(COC(C)=O)OC(Br)C(OC(C)=O)C1OC(C)=O. The maximum atomic E-state index is 11.6. The molecule has 1 heterocycles. The van der Waals surface area contributed by atoms with E-state index in [0.29, 0.717) is 0 Å². The standard InChI is InChI=1S/C15H21BrO8/c1-7(17)5-11-12(6-21-8(2)18)24-15(16)14(23-10(4)20)13(11)22-9(3)19/h11-15H,5-6H2,1-4H3. The van der Waals surface area contributed by atoms with E-state index in [1.54, 1.807) is 0 Å². The molecule has 1 aliphatic rings. The van der Waals surface area contributed by atoms with E-state index in [4.69, 9.17) is 18.9 Å². The predicted octanol–water partition coefficient (Wildman–Crippen LogP) is 1.13. The van der Waals surface area contributed by atoms with Gasteiger partial charge < -0.3 is 23.7 Å². The molecule has 1 aliphatic heterocycles. The average Bonchev–Trinajstić information content (AvgIpc) is 2.42. The Hall–Kier alpha value is -1.48. The molecule has 5 unspecified atom stereocenters. The van der Waals surface area contributed by atoms with Gasteiger partial charge in [-0.3, -0.25) is 14.4 Å². The van der Waals surface area contributed by atoms with Gasteiger partial charge in [-0.1, -0.05) is 15.9 Å². The molecule has 0 amide bonds. The second-order valence-corrected chi connectivity index (χ2v) is 6.45. The highest BCUT2D eigenvalue weighted by molar-refractivity contribution is 9.09. The van der Waals surface area contributed by atoms with Gasteiger partial charge in [0.2, 0.25) is 0 Å². The van der Waals surface area contributed by atoms with Crippen LogP contribution < -0.4 is 0 Å². The topological polar surface area (TPSA) is 105 Å². The van der Waals surface area contributed by atoms with Crippen LogP contribution in [0, 0.1) is 5.92 Å². The maximum Gasteiger partial charge on any atom is 0.303 e. The van der Waals surface area contributed by atoms with Crippen LogP contribution in [0.4, 0.5) is 0 Å². The molecule has 0 bridgehead atoms.